The molecule has 0 saturated carbocycles. The SMILES string of the molecule is CC.CCc1ccc(OC)c2c1C(C)(CCN(C)C(C)CCC(C)COCc1ccccc1)[C@H](COC)O2. The first-order valence-corrected chi connectivity index (χ1v) is 14.5. The van der Waals surface area contributed by atoms with Crippen LogP contribution in [0.2, 0.25) is 0 Å². The van der Waals surface area contributed by atoms with Crippen molar-refractivity contribution in [2.45, 2.75) is 91.4 Å². The van der Waals surface area contributed by atoms with E-state index in [0.717, 1.165) is 50.3 Å². The molecule has 2 aromatic rings. The third-order valence-corrected chi connectivity index (χ3v) is 8.00. The topological polar surface area (TPSA) is 40.2 Å². The van der Waals surface area contributed by atoms with Gasteiger partial charge in [0, 0.05) is 30.7 Å². The van der Waals surface area contributed by atoms with Crippen LogP contribution in [0.15, 0.2) is 42.5 Å². The van der Waals surface area contributed by atoms with Crippen molar-refractivity contribution < 1.29 is 18.9 Å². The molecule has 0 spiro atoms. The highest BCUT2D eigenvalue weighted by molar-refractivity contribution is 5.58. The van der Waals surface area contributed by atoms with Crippen molar-refractivity contribution in [2.75, 3.05) is 41.0 Å². The summed E-state index contributed by atoms with van der Waals surface area (Å²) in [7, 11) is 5.72. The molecular weight excluding hydrogens is 474 g/mol. The van der Waals surface area contributed by atoms with Gasteiger partial charge in [-0.2, -0.15) is 0 Å². The summed E-state index contributed by atoms with van der Waals surface area (Å²) >= 11 is 0. The highest BCUT2D eigenvalue weighted by Crippen LogP contribution is 2.51. The first kappa shape index (κ1) is 32.1. The molecule has 5 nitrogen and oxygen atoms in total. The Morgan fingerprint density at radius 3 is 2.37 bits per heavy atom. The fraction of sp³-hybridized carbons (Fsp3) is 0.636. The Hall–Kier alpha value is -2.08. The monoisotopic (exact) mass is 527 g/mol. The van der Waals surface area contributed by atoms with Gasteiger partial charge < -0.3 is 23.8 Å². The van der Waals surface area contributed by atoms with Gasteiger partial charge in [0.15, 0.2) is 11.5 Å². The second-order valence-corrected chi connectivity index (χ2v) is 10.7. The Morgan fingerprint density at radius 2 is 1.74 bits per heavy atom. The fourth-order valence-corrected chi connectivity index (χ4v) is 5.30. The van der Waals surface area contributed by atoms with E-state index in [1.54, 1.807) is 14.2 Å². The van der Waals surface area contributed by atoms with Crippen LogP contribution in [-0.2, 0) is 27.9 Å². The number of rotatable bonds is 15. The smallest absolute Gasteiger partial charge is 0.165 e. The second-order valence-electron chi connectivity index (χ2n) is 10.7. The normalized spacial score (nSPS) is 19.8. The van der Waals surface area contributed by atoms with Gasteiger partial charge in [-0.25, -0.2) is 0 Å². The highest BCUT2D eigenvalue weighted by Gasteiger charge is 2.47. The Morgan fingerprint density at radius 1 is 1.03 bits per heavy atom. The van der Waals surface area contributed by atoms with Gasteiger partial charge in [-0.15, -0.1) is 0 Å². The van der Waals surface area contributed by atoms with Crippen LogP contribution in [0.3, 0.4) is 0 Å². The molecule has 0 amide bonds. The number of methoxy groups -OCH3 is 2. The maximum Gasteiger partial charge on any atom is 0.165 e. The molecule has 3 unspecified atom stereocenters. The van der Waals surface area contributed by atoms with E-state index in [4.69, 9.17) is 18.9 Å². The van der Waals surface area contributed by atoms with Gasteiger partial charge in [-0.1, -0.05) is 71.0 Å². The van der Waals surface area contributed by atoms with Crippen LogP contribution in [-0.4, -0.2) is 58.1 Å². The number of benzene rings is 2. The van der Waals surface area contributed by atoms with E-state index in [0.29, 0.717) is 25.2 Å². The maximum atomic E-state index is 6.49. The zero-order valence-corrected chi connectivity index (χ0v) is 25.5. The summed E-state index contributed by atoms with van der Waals surface area (Å²) in [4.78, 5) is 2.50. The van der Waals surface area contributed by atoms with Crippen LogP contribution in [0, 0.1) is 5.92 Å². The van der Waals surface area contributed by atoms with Crippen LogP contribution in [0.5, 0.6) is 11.5 Å². The van der Waals surface area contributed by atoms with Gasteiger partial charge in [-0.05, 0) is 69.3 Å². The van der Waals surface area contributed by atoms with Gasteiger partial charge in [0.05, 0.1) is 20.3 Å². The van der Waals surface area contributed by atoms with Crippen molar-refractivity contribution in [1.29, 1.82) is 0 Å². The zero-order chi connectivity index (χ0) is 28.1. The van der Waals surface area contributed by atoms with Crippen molar-refractivity contribution >= 4 is 0 Å². The first-order chi connectivity index (χ1) is 18.3. The molecule has 0 aromatic heterocycles. The van der Waals surface area contributed by atoms with E-state index in [2.05, 4.69) is 70.0 Å². The number of hydrogen-bond donors (Lipinski definition) is 0. The van der Waals surface area contributed by atoms with Gasteiger partial charge in [0.25, 0.3) is 0 Å². The lowest BCUT2D eigenvalue weighted by Crippen LogP contribution is -2.42. The van der Waals surface area contributed by atoms with E-state index in [9.17, 15) is 0 Å². The predicted molar refractivity (Wildman–Crippen MR) is 159 cm³/mol. The van der Waals surface area contributed by atoms with Gasteiger partial charge in [0.2, 0.25) is 0 Å². The number of aryl methyl sites for hydroxylation is 1. The summed E-state index contributed by atoms with van der Waals surface area (Å²) in [5, 5.41) is 0. The van der Waals surface area contributed by atoms with Gasteiger partial charge in [-0.3, -0.25) is 0 Å². The summed E-state index contributed by atoms with van der Waals surface area (Å²) in [5.41, 5.74) is 3.75. The van der Waals surface area contributed by atoms with Crippen molar-refractivity contribution in [3.8, 4) is 11.5 Å². The molecule has 4 atom stereocenters. The minimum absolute atomic E-state index is 0.0235. The molecule has 1 aliphatic rings. The molecule has 214 valence electrons. The van der Waals surface area contributed by atoms with E-state index < -0.39 is 0 Å². The van der Waals surface area contributed by atoms with Crippen molar-refractivity contribution in [3.05, 3.63) is 59.2 Å². The van der Waals surface area contributed by atoms with Crippen LogP contribution in [0.25, 0.3) is 0 Å². The highest BCUT2D eigenvalue weighted by atomic mass is 16.5. The third-order valence-electron chi connectivity index (χ3n) is 8.00. The summed E-state index contributed by atoms with van der Waals surface area (Å²) in [6.45, 7) is 16.2. The molecule has 0 saturated heterocycles. The van der Waals surface area contributed by atoms with Crippen LogP contribution < -0.4 is 9.47 Å². The molecule has 0 radical (unpaired) electrons. The zero-order valence-electron chi connectivity index (χ0n) is 25.5. The molecule has 0 aliphatic carbocycles. The number of nitrogens with zero attached hydrogens (tertiary/aromatic N) is 1. The average molecular weight is 528 g/mol. The largest absolute Gasteiger partial charge is 0.493 e. The summed E-state index contributed by atoms with van der Waals surface area (Å²) in [6, 6.07) is 15.1. The van der Waals surface area contributed by atoms with Crippen LogP contribution >= 0.6 is 0 Å². The Bertz CT molecular complexity index is 934. The predicted octanol–water partition coefficient (Wildman–Crippen LogP) is 7.29. The van der Waals surface area contributed by atoms with Crippen LogP contribution in [0.1, 0.15) is 77.5 Å². The molecule has 2 aromatic carbocycles. The second kappa shape index (κ2) is 16.1. The Labute approximate surface area is 232 Å². The third kappa shape index (κ3) is 8.21. The van der Waals surface area contributed by atoms with Crippen LogP contribution in [0.4, 0.5) is 0 Å². The first-order valence-electron chi connectivity index (χ1n) is 14.5. The molecular formula is C33H53NO4. The molecule has 0 bridgehead atoms. The quantitative estimate of drug-likeness (QED) is 0.243. The van der Waals surface area contributed by atoms with E-state index in [-0.39, 0.29) is 11.5 Å². The van der Waals surface area contributed by atoms with E-state index >= 15 is 0 Å². The fourth-order valence-electron chi connectivity index (χ4n) is 5.30. The molecule has 1 aliphatic heterocycles. The number of hydrogen-bond acceptors (Lipinski definition) is 5. The van der Waals surface area contributed by atoms with Gasteiger partial charge in [0.1, 0.15) is 6.10 Å². The van der Waals surface area contributed by atoms with E-state index in [1.165, 1.54) is 16.7 Å². The lowest BCUT2D eigenvalue weighted by atomic mass is 9.73. The van der Waals surface area contributed by atoms with Crippen molar-refractivity contribution in [3.63, 3.8) is 0 Å². The lowest BCUT2D eigenvalue weighted by molar-refractivity contribution is 0.0454. The molecule has 5 heteroatoms. The van der Waals surface area contributed by atoms with E-state index in [1.807, 2.05) is 26.0 Å². The standard InChI is InChI=1S/C31H47NO4.C2H6/c1-8-26-16-17-27(34-7)30-29(26)31(4,28(36-30)22-33-6)18-19-32(5)24(3)15-14-23(2)20-35-21-25-12-10-9-11-13-25;1-2/h9-13,16-17,23-24,28H,8,14-15,18-22H2,1-7H3;1-2H3/t23?,24?,28-,31?;/m0./s1. The summed E-state index contributed by atoms with van der Waals surface area (Å²) in [5.74, 6) is 2.27. The average Bonchev–Trinajstić information content (AvgIpc) is 3.24. The lowest BCUT2D eigenvalue weighted by Gasteiger charge is -2.34. The van der Waals surface area contributed by atoms with Crippen molar-refractivity contribution in [1.82, 2.24) is 4.90 Å². The molecule has 1 heterocycles. The summed E-state index contributed by atoms with van der Waals surface area (Å²) < 4.78 is 23.7. The number of ether oxygens (including phenoxy) is 4. The summed E-state index contributed by atoms with van der Waals surface area (Å²) in [6.07, 6.45) is 4.27. The van der Waals surface area contributed by atoms with Crippen molar-refractivity contribution in [2.24, 2.45) is 5.92 Å². The maximum absolute atomic E-state index is 6.49. The molecule has 0 N–H and O–H groups in total. The Balaban J connectivity index is 0.00000247. The molecule has 38 heavy (non-hydrogen) atoms. The van der Waals surface area contributed by atoms with Gasteiger partial charge >= 0.3 is 0 Å². The minimum atomic E-state index is -0.127. The minimum Gasteiger partial charge on any atom is -0.493 e. The molecule has 3 rings (SSSR count). The molecule has 0 fully saturated rings. The Kier molecular flexibility index (Phi) is 13.6. The number of fused-ring (bicyclic) bond motifs is 1.